The fourth-order valence-corrected chi connectivity index (χ4v) is 1.73. The van der Waals surface area contributed by atoms with Gasteiger partial charge in [0.05, 0.1) is 0 Å². The second kappa shape index (κ2) is 5.32. The zero-order chi connectivity index (χ0) is 10.5. The maximum atomic E-state index is 11.3. The Hall–Kier alpha value is -0.810. The number of carbonyl (C=O) groups is 1. The smallest absolute Gasteiger partial charge is 0.315 e. The predicted molar refractivity (Wildman–Crippen MR) is 58.9 cm³/mol. The van der Waals surface area contributed by atoms with Gasteiger partial charge < -0.3 is 16.0 Å². The zero-order valence-electron chi connectivity index (χ0n) is 9.09. The summed E-state index contributed by atoms with van der Waals surface area (Å²) in [4.78, 5) is 13.7. The summed E-state index contributed by atoms with van der Waals surface area (Å²) in [5, 5.41) is 9.11. The van der Waals surface area contributed by atoms with Crippen LogP contribution in [0.1, 0.15) is 12.8 Å². The molecule has 15 heavy (non-hydrogen) atoms. The molecular weight excluding hydrogens is 192 g/mol. The molecule has 5 nitrogen and oxygen atoms in total. The lowest BCUT2D eigenvalue weighted by molar-refractivity contribution is 0.226. The van der Waals surface area contributed by atoms with Crippen molar-refractivity contribution in [3.05, 3.63) is 0 Å². The average molecular weight is 212 g/mol. The van der Waals surface area contributed by atoms with E-state index < -0.39 is 0 Å². The SMILES string of the molecule is O=C(NCCN1CCNCC1)NC1CC1. The Morgan fingerprint density at radius 1 is 1.33 bits per heavy atom. The van der Waals surface area contributed by atoms with Gasteiger partial charge in [0.2, 0.25) is 0 Å². The van der Waals surface area contributed by atoms with Gasteiger partial charge >= 0.3 is 6.03 Å². The second-order valence-electron chi connectivity index (χ2n) is 4.27. The van der Waals surface area contributed by atoms with E-state index in [9.17, 15) is 4.79 Å². The summed E-state index contributed by atoms with van der Waals surface area (Å²) in [6, 6.07) is 0.442. The van der Waals surface area contributed by atoms with Crippen LogP contribution in [0.25, 0.3) is 0 Å². The van der Waals surface area contributed by atoms with Crippen LogP contribution in [0.2, 0.25) is 0 Å². The molecule has 5 heteroatoms. The van der Waals surface area contributed by atoms with Gasteiger partial charge in [-0.05, 0) is 12.8 Å². The van der Waals surface area contributed by atoms with Gasteiger partial charge in [0.1, 0.15) is 0 Å². The van der Waals surface area contributed by atoms with Gasteiger partial charge in [0.25, 0.3) is 0 Å². The first-order valence-electron chi connectivity index (χ1n) is 5.82. The number of urea groups is 1. The van der Waals surface area contributed by atoms with Gasteiger partial charge in [-0.1, -0.05) is 0 Å². The Bertz CT molecular complexity index is 211. The summed E-state index contributed by atoms with van der Waals surface area (Å²) in [6.45, 7) is 6.01. The van der Waals surface area contributed by atoms with Crippen molar-refractivity contribution in [2.45, 2.75) is 18.9 Å². The molecule has 1 saturated heterocycles. The number of nitrogens with zero attached hydrogens (tertiary/aromatic N) is 1. The molecule has 1 heterocycles. The number of piperazine rings is 1. The Labute approximate surface area is 90.6 Å². The van der Waals surface area contributed by atoms with Crippen molar-refractivity contribution in [1.82, 2.24) is 20.9 Å². The van der Waals surface area contributed by atoms with Crippen molar-refractivity contribution in [3.63, 3.8) is 0 Å². The van der Waals surface area contributed by atoms with E-state index in [0.29, 0.717) is 6.04 Å². The topological polar surface area (TPSA) is 56.4 Å². The number of amides is 2. The molecule has 86 valence electrons. The first-order chi connectivity index (χ1) is 7.34. The normalized spacial score (nSPS) is 22.4. The molecule has 0 aromatic rings. The molecular formula is C10H20N4O. The Balaban J connectivity index is 1.51. The molecule has 0 radical (unpaired) electrons. The van der Waals surface area contributed by atoms with Crippen LogP contribution in [0.4, 0.5) is 4.79 Å². The van der Waals surface area contributed by atoms with Crippen LogP contribution >= 0.6 is 0 Å². The Morgan fingerprint density at radius 2 is 2.07 bits per heavy atom. The Kier molecular flexibility index (Phi) is 3.80. The molecule has 2 amide bonds. The van der Waals surface area contributed by atoms with E-state index in [1.54, 1.807) is 0 Å². The van der Waals surface area contributed by atoms with Crippen LogP contribution in [0, 0.1) is 0 Å². The van der Waals surface area contributed by atoms with Gasteiger partial charge in [0.15, 0.2) is 0 Å². The van der Waals surface area contributed by atoms with Gasteiger partial charge in [-0.15, -0.1) is 0 Å². The van der Waals surface area contributed by atoms with E-state index in [-0.39, 0.29) is 6.03 Å². The van der Waals surface area contributed by atoms with Crippen LogP contribution in [0.3, 0.4) is 0 Å². The van der Waals surface area contributed by atoms with Crippen molar-refractivity contribution < 1.29 is 4.79 Å². The standard InChI is InChI=1S/C10H20N4O/c15-10(13-9-1-2-9)12-5-8-14-6-3-11-4-7-14/h9,11H,1-8H2,(H2,12,13,15). The highest BCUT2D eigenvalue weighted by molar-refractivity contribution is 5.74. The quantitative estimate of drug-likeness (QED) is 0.580. The van der Waals surface area contributed by atoms with Gasteiger partial charge in [-0.3, -0.25) is 4.90 Å². The van der Waals surface area contributed by atoms with Crippen LogP contribution in [-0.2, 0) is 0 Å². The van der Waals surface area contributed by atoms with Crippen molar-refractivity contribution in [1.29, 1.82) is 0 Å². The molecule has 2 rings (SSSR count). The van der Waals surface area contributed by atoms with E-state index in [4.69, 9.17) is 0 Å². The predicted octanol–water partition coefficient (Wildman–Crippen LogP) is -0.647. The summed E-state index contributed by atoms with van der Waals surface area (Å²) < 4.78 is 0. The second-order valence-corrected chi connectivity index (χ2v) is 4.27. The van der Waals surface area contributed by atoms with Crippen LogP contribution in [0.15, 0.2) is 0 Å². The largest absolute Gasteiger partial charge is 0.337 e. The summed E-state index contributed by atoms with van der Waals surface area (Å²) >= 11 is 0. The molecule has 0 aromatic carbocycles. The highest BCUT2D eigenvalue weighted by Gasteiger charge is 2.22. The molecule has 0 unspecified atom stereocenters. The number of hydrogen-bond acceptors (Lipinski definition) is 3. The van der Waals surface area contributed by atoms with Crippen LogP contribution < -0.4 is 16.0 Å². The lowest BCUT2D eigenvalue weighted by atomic mass is 10.3. The van der Waals surface area contributed by atoms with E-state index in [1.807, 2.05) is 0 Å². The highest BCUT2D eigenvalue weighted by Crippen LogP contribution is 2.18. The van der Waals surface area contributed by atoms with E-state index in [1.165, 1.54) is 0 Å². The van der Waals surface area contributed by atoms with Gasteiger partial charge in [0, 0.05) is 45.3 Å². The lowest BCUT2D eigenvalue weighted by Crippen LogP contribution is -2.47. The van der Waals surface area contributed by atoms with Crippen LogP contribution in [0.5, 0.6) is 0 Å². The third-order valence-corrected chi connectivity index (χ3v) is 2.84. The average Bonchev–Trinajstić information content (AvgIpc) is 3.03. The first-order valence-corrected chi connectivity index (χ1v) is 5.82. The fourth-order valence-electron chi connectivity index (χ4n) is 1.73. The lowest BCUT2D eigenvalue weighted by Gasteiger charge is -2.27. The third-order valence-electron chi connectivity index (χ3n) is 2.84. The summed E-state index contributed by atoms with van der Waals surface area (Å²) in [6.07, 6.45) is 2.29. The van der Waals surface area contributed by atoms with Gasteiger partial charge in [-0.2, -0.15) is 0 Å². The number of rotatable bonds is 4. The van der Waals surface area contributed by atoms with E-state index >= 15 is 0 Å². The molecule has 2 aliphatic rings. The summed E-state index contributed by atoms with van der Waals surface area (Å²) in [7, 11) is 0. The maximum Gasteiger partial charge on any atom is 0.315 e. The Morgan fingerprint density at radius 3 is 2.73 bits per heavy atom. The minimum atomic E-state index is -0.00682. The minimum absolute atomic E-state index is 0.00682. The fraction of sp³-hybridized carbons (Fsp3) is 0.900. The van der Waals surface area contributed by atoms with Crippen molar-refractivity contribution in [2.75, 3.05) is 39.3 Å². The molecule has 2 fully saturated rings. The van der Waals surface area contributed by atoms with Crippen LogP contribution in [-0.4, -0.2) is 56.2 Å². The molecule has 1 aliphatic heterocycles. The van der Waals surface area contributed by atoms with Crippen molar-refractivity contribution in [2.24, 2.45) is 0 Å². The zero-order valence-corrected chi connectivity index (χ0v) is 9.09. The van der Waals surface area contributed by atoms with Crippen molar-refractivity contribution >= 4 is 6.03 Å². The summed E-state index contributed by atoms with van der Waals surface area (Å²) in [5.74, 6) is 0. The molecule has 0 bridgehead atoms. The van der Waals surface area contributed by atoms with E-state index in [0.717, 1.165) is 52.1 Å². The minimum Gasteiger partial charge on any atom is -0.337 e. The molecule has 0 atom stereocenters. The molecule has 0 spiro atoms. The molecule has 3 N–H and O–H groups in total. The maximum absolute atomic E-state index is 11.3. The van der Waals surface area contributed by atoms with E-state index in [2.05, 4.69) is 20.9 Å². The molecule has 1 saturated carbocycles. The van der Waals surface area contributed by atoms with Crippen molar-refractivity contribution in [3.8, 4) is 0 Å². The molecule has 0 aromatic heterocycles. The highest BCUT2D eigenvalue weighted by atomic mass is 16.2. The number of nitrogens with one attached hydrogen (secondary N) is 3. The molecule has 1 aliphatic carbocycles. The monoisotopic (exact) mass is 212 g/mol. The number of carbonyl (C=O) groups excluding carboxylic acids is 1. The first kappa shape index (κ1) is 10.7. The number of hydrogen-bond donors (Lipinski definition) is 3. The summed E-state index contributed by atoms with van der Waals surface area (Å²) in [5.41, 5.74) is 0. The van der Waals surface area contributed by atoms with Gasteiger partial charge in [-0.25, -0.2) is 4.79 Å². The third kappa shape index (κ3) is 4.05.